The summed E-state index contributed by atoms with van der Waals surface area (Å²) in [6, 6.07) is 1.87. The molecule has 0 aliphatic carbocycles. The van der Waals surface area contributed by atoms with Crippen LogP contribution in [-0.4, -0.2) is 22.0 Å². The molecule has 1 rings (SSSR count). The van der Waals surface area contributed by atoms with Gasteiger partial charge in [0.1, 0.15) is 10.8 Å². The first-order valence-electron chi connectivity index (χ1n) is 4.68. The summed E-state index contributed by atoms with van der Waals surface area (Å²) in [6.45, 7) is 4.37. The number of aromatic nitrogens is 2. The summed E-state index contributed by atoms with van der Waals surface area (Å²) in [7, 11) is 0. The van der Waals surface area contributed by atoms with Crippen LogP contribution in [0.25, 0.3) is 0 Å². The van der Waals surface area contributed by atoms with Crippen molar-refractivity contribution in [3.63, 3.8) is 0 Å². The Morgan fingerprint density at radius 3 is 2.73 bits per heavy atom. The van der Waals surface area contributed by atoms with Gasteiger partial charge in [0, 0.05) is 11.8 Å². The summed E-state index contributed by atoms with van der Waals surface area (Å²) in [5.74, 6) is 7.71. The third-order valence-electron chi connectivity index (χ3n) is 1.58. The lowest BCUT2D eigenvalue weighted by Gasteiger charge is -2.07. The van der Waals surface area contributed by atoms with Crippen LogP contribution in [0, 0.1) is 5.92 Å². The summed E-state index contributed by atoms with van der Waals surface area (Å²) in [5.41, 5.74) is 2.55. The zero-order valence-corrected chi connectivity index (χ0v) is 10.8. The van der Waals surface area contributed by atoms with Crippen molar-refractivity contribution in [2.45, 2.75) is 24.0 Å². The molecule has 0 saturated heterocycles. The topological polar surface area (TPSA) is 63.8 Å². The van der Waals surface area contributed by atoms with E-state index in [1.54, 1.807) is 11.8 Å². The molecule has 1 aromatic rings. The fourth-order valence-corrected chi connectivity index (χ4v) is 2.18. The summed E-state index contributed by atoms with van der Waals surface area (Å²) < 4.78 is 0. The third kappa shape index (κ3) is 4.27. The quantitative estimate of drug-likeness (QED) is 0.272. The van der Waals surface area contributed by atoms with Crippen molar-refractivity contribution < 1.29 is 0 Å². The monoisotopic (exact) mass is 244 g/mol. The molecule has 0 radical (unpaired) electrons. The number of nitrogens with zero attached hydrogens (tertiary/aromatic N) is 2. The minimum atomic E-state index is 0.650. The van der Waals surface area contributed by atoms with Crippen molar-refractivity contribution in [1.82, 2.24) is 9.97 Å². The van der Waals surface area contributed by atoms with Crippen molar-refractivity contribution in [3.8, 4) is 0 Å². The normalized spacial score (nSPS) is 10.7. The highest BCUT2D eigenvalue weighted by atomic mass is 32.2. The van der Waals surface area contributed by atoms with E-state index in [9.17, 15) is 0 Å². The van der Waals surface area contributed by atoms with Gasteiger partial charge < -0.3 is 5.43 Å². The van der Waals surface area contributed by atoms with Crippen molar-refractivity contribution in [2.75, 3.05) is 17.4 Å². The molecule has 0 bridgehead atoms. The lowest BCUT2D eigenvalue weighted by molar-refractivity contribution is 0.748. The molecule has 3 N–H and O–H groups in total. The predicted octanol–water partition coefficient (Wildman–Crippen LogP) is 2.23. The number of nitrogens with two attached hydrogens (primary N) is 1. The molecule has 15 heavy (non-hydrogen) atoms. The van der Waals surface area contributed by atoms with Crippen LogP contribution in [0.5, 0.6) is 0 Å². The molecule has 0 saturated carbocycles. The fourth-order valence-electron chi connectivity index (χ4n) is 0.895. The molecule has 84 valence electrons. The molecule has 1 heterocycles. The number of anilines is 1. The van der Waals surface area contributed by atoms with Crippen molar-refractivity contribution in [3.05, 3.63) is 6.07 Å². The van der Waals surface area contributed by atoms with Crippen LogP contribution in [0.15, 0.2) is 16.2 Å². The average molecular weight is 244 g/mol. The second-order valence-corrected chi connectivity index (χ2v) is 5.24. The first-order valence-corrected chi connectivity index (χ1v) is 6.89. The number of nitrogen functional groups attached to an aromatic ring is 1. The fraction of sp³-hybridized carbons (Fsp3) is 0.556. The maximum absolute atomic E-state index is 5.34. The molecule has 0 unspecified atom stereocenters. The Morgan fingerprint density at radius 1 is 1.47 bits per heavy atom. The molecule has 0 aliphatic rings. The maximum atomic E-state index is 5.34. The molecule has 4 nitrogen and oxygen atoms in total. The SMILES string of the molecule is CSc1nc(NN)cc(SCC(C)C)n1. The third-order valence-corrected chi connectivity index (χ3v) is 3.46. The average Bonchev–Trinajstić information content (AvgIpc) is 2.25. The predicted molar refractivity (Wildman–Crippen MR) is 67.2 cm³/mol. The van der Waals surface area contributed by atoms with E-state index in [4.69, 9.17) is 5.84 Å². The van der Waals surface area contributed by atoms with Gasteiger partial charge in [0.05, 0.1) is 0 Å². The van der Waals surface area contributed by atoms with Gasteiger partial charge in [0.25, 0.3) is 0 Å². The maximum Gasteiger partial charge on any atom is 0.190 e. The first-order chi connectivity index (χ1) is 7.15. The van der Waals surface area contributed by atoms with Gasteiger partial charge in [-0.2, -0.15) is 0 Å². The lowest BCUT2D eigenvalue weighted by Crippen LogP contribution is -2.09. The number of rotatable bonds is 5. The Kier molecular flexibility index (Phi) is 5.21. The van der Waals surface area contributed by atoms with E-state index < -0.39 is 0 Å². The number of hydrogen-bond donors (Lipinski definition) is 2. The van der Waals surface area contributed by atoms with Crippen LogP contribution in [0.3, 0.4) is 0 Å². The summed E-state index contributed by atoms with van der Waals surface area (Å²) in [5, 5.41) is 1.72. The van der Waals surface area contributed by atoms with Crippen LogP contribution in [0.4, 0.5) is 5.82 Å². The number of thioether (sulfide) groups is 2. The van der Waals surface area contributed by atoms with Gasteiger partial charge in [0.2, 0.25) is 0 Å². The van der Waals surface area contributed by atoms with E-state index in [0.717, 1.165) is 15.9 Å². The number of hydrazine groups is 1. The summed E-state index contributed by atoms with van der Waals surface area (Å²) in [6.07, 6.45) is 1.95. The minimum Gasteiger partial charge on any atom is -0.308 e. The molecule has 0 spiro atoms. The van der Waals surface area contributed by atoms with Gasteiger partial charge in [0.15, 0.2) is 5.16 Å². The highest BCUT2D eigenvalue weighted by molar-refractivity contribution is 7.99. The minimum absolute atomic E-state index is 0.650. The smallest absolute Gasteiger partial charge is 0.190 e. The second-order valence-electron chi connectivity index (χ2n) is 3.43. The van der Waals surface area contributed by atoms with E-state index in [2.05, 4.69) is 29.2 Å². The largest absolute Gasteiger partial charge is 0.308 e. The molecule has 0 atom stereocenters. The zero-order chi connectivity index (χ0) is 11.3. The second kappa shape index (κ2) is 6.19. The van der Waals surface area contributed by atoms with E-state index >= 15 is 0 Å². The Balaban J connectivity index is 2.77. The number of hydrogen-bond acceptors (Lipinski definition) is 6. The van der Waals surface area contributed by atoms with Crippen molar-refractivity contribution in [2.24, 2.45) is 11.8 Å². The van der Waals surface area contributed by atoms with Crippen molar-refractivity contribution >= 4 is 29.3 Å². The van der Waals surface area contributed by atoms with Crippen molar-refractivity contribution in [1.29, 1.82) is 0 Å². The molecule has 6 heteroatoms. The Hall–Kier alpha value is -0.460. The van der Waals surface area contributed by atoms with E-state index in [-0.39, 0.29) is 0 Å². The highest BCUT2D eigenvalue weighted by Crippen LogP contribution is 2.23. The van der Waals surface area contributed by atoms with E-state index in [1.165, 1.54) is 11.8 Å². The summed E-state index contributed by atoms with van der Waals surface area (Å²) in [4.78, 5) is 8.59. The van der Waals surface area contributed by atoms with Gasteiger partial charge in [-0.3, -0.25) is 0 Å². The van der Waals surface area contributed by atoms with Crippen LogP contribution in [-0.2, 0) is 0 Å². The molecule has 0 aliphatic heterocycles. The van der Waals surface area contributed by atoms with Gasteiger partial charge >= 0.3 is 0 Å². The molecular weight excluding hydrogens is 228 g/mol. The van der Waals surface area contributed by atoms with Gasteiger partial charge in [-0.15, -0.1) is 11.8 Å². The first kappa shape index (κ1) is 12.6. The Bertz CT molecular complexity index is 295. The van der Waals surface area contributed by atoms with Crippen LogP contribution in [0.1, 0.15) is 13.8 Å². The number of nitrogens with one attached hydrogen (secondary N) is 1. The highest BCUT2D eigenvalue weighted by Gasteiger charge is 2.04. The van der Waals surface area contributed by atoms with Gasteiger partial charge in [-0.25, -0.2) is 15.8 Å². The molecule has 0 amide bonds. The Morgan fingerprint density at radius 2 is 2.20 bits per heavy atom. The van der Waals surface area contributed by atoms with Gasteiger partial charge in [-0.1, -0.05) is 25.6 Å². The summed E-state index contributed by atoms with van der Waals surface area (Å²) >= 11 is 3.24. The molecule has 0 aromatic carbocycles. The zero-order valence-electron chi connectivity index (χ0n) is 9.15. The van der Waals surface area contributed by atoms with E-state index in [1.807, 2.05) is 12.3 Å². The van der Waals surface area contributed by atoms with Gasteiger partial charge in [-0.05, 0) is 12.2 Å². The molecule has 1 aromatic heterocycles. The molecule has 0 fully saturated rings. The van der Waals surface area contributed by atoms with E-state index in [0.29, 0.717) is 11.7 Å². The Labute approximate surface area is 98.8 Å². The van der Waals surface area contributed by atoms with Crippen LogP contribution >= 0.6 is 23.5 Å². The molecular formula is C9H16N4S2. The van der Waals surface area contributed by atoms with Crippen LogP contribution < -0.4 is 11.3 Å². The lowest BCUT2D eigenvalue weighted by atomic mass is 10.3. The standard InChI is InChI=1S/C9H16N4S2/c1-6(2)5-15-8-4-7(13-10)11-9(12-8)14-3/h4,6H,5,10H2,1-3H3,(H,11,12,13). The van der Waals surface area contributed by atoms with Crippen LogP contribution in [0.2, 0.25) is 0 Å².